The minimum atomic E-state index is -0.0202. The molecule has 128 valence electrons. The van der Waals surface area contributed by atoms with Gasteiger partial charge in [-0.15, -0.1) is 5.10 Å². The van der Waals surface area contributed by atoms with Crippen LogP contribution in [0.4, 0.5) is 0 Å². The number of carbonyl (C=O) groups is 1. The van der Waals surface area contributed by atoms with Crippen molar-refractivity contribution in [2.75, 3.05) is 13.1 Å². The topological polar surface area (TPSA) is 60.2 Å². The van der Waals surface area contributed by atoms with Crippen molar-refractivity contribution in [1.29, 1.82) is 0 Å². The monoisotopic (exact) mass is 336 g/mol. The first-order valence-corrected chi connectivity index (χ1v) is 8.46. The maximum atomic E-state index is 12.7. The van der Waals surface area contributed by atoms with E-state index >= 15 is 0 Å². The highest BCUT2D eigenvalue weighted by atomic mass is 16.5. The highest BCUT2D eigenvalue weighted by molar-refractivity contribution is 5.89. The number of aromatic nitrogens is 3. The number of carbonyl (C=O) groups excluding carboxylic acids is 1. The Morgan fingerprint density at radius 1 is 1.28 bits per heavy atom. The van der Waals surface area contributed by atoms with Gasteiger partial charge in [0.2, 0.25) is 11.8 Å². The zero-order valence-corrected chi connectivity index (χ0v) is 14.1. The van der Waals surface area contributed by atoms with Crippen LogP contribution in [0.2, 0.25) is 0 Å². The van der Waals surface area contributed by atoms with E-state index in [0.29, 0.717) is 25.4 Å². The van der Waals surface area contributed by atoms with Crippen LogP contribution >= 0.6 is 0 Å². The third kappa shape index (κ3) is 3.20. The summed E-state index contributed by atoms with van der Waals surface area (Å²) in [5, 5.41) is 8.89. The lowest BCUT2D eigenvalue weighted by Gasteiger charge is -2.16. The number of amides is 1. The molecule has 0 radical (unpaired) electrons. The van der Waals surface area contributed by atoms with Gasteiger partial charge in [-0.2, -0.15) is 5.10 Å². The van der Waals surface area contributed by atoms with Gasteiger partial charge < -0.3 is 14.2 Å². The molecule has 3 heterocycles. The van der Waals surface area contributed by atoms with E-state index in [0.717, 1.165) is 22.9 Å². The first-order chi connectivity index (χ1) is 12.2. The van der Waals surface area contributed by atoms with Crippen molar-refractivity contribution in [2.24, 2.45) is 7.05 Å². The van der Waals surface area contributed by atoms with Crippen molar-refractivity contribution in [3.63, 3.8) is 0 Å². The minimum absolute atomic E-state index is 0.0202. The second-order valence-electron chi connectivity index (χ2n) is 6.39. The van der Waals surface area contributed by atoms with Crippen molar-refractivity contribution in [1.82, 2.24) is 19.7 Å². The quantitative estimate of drug-likeness (QED) is 0.733. The molecule has 4 rings (SSSR count). The second-order valence-corrected chi connectivity index (χ2v) is 6.39. The van der Waals surface area contributed by atoms with Crippen LogP contribution < -0.4 is 4.74 Å². The smallest absolute Gasteiger partial charge is 0.233 e. The Kier molecular flexibility index (Phi) is 4.09. The van der Waals surface area contributed by atoms with Crippen LogP contribution in [0.1, 0.15) is 12.0 Å². The Bertz CT molecular complexity index is 891. The molecule has 1 aromatic carbocycles. The minimum Gasteiger partial charge on any atom is -0.471 e. The molecule has 1 aliphatic heterocycles. The predicted molar refractivity (Wildman–Crippen MR) is 94.3 cm³/mol. The van der Waals surface area contributed by atoms with Crippen molar-refractivity contribution in [3.8, 4) is 5.88 Å². The van der Waals surface area contributed by atoms with Gasteiger partial charge >= 0.3 is 0 Å². The highest BCUT2D eigenvalue weighted by Crippen LogP contribution is 2.22. The molecule has 6 nitrogen and oxygen atoms in total. The molecule has 0 aliphatic carbocycles. The van der Waals surface area contributed by atoms with Gasteiger partial charge in [0.05, 0.1) is 13.0 Å². The molecule has 1 atom stereocenters. The molecule has 1 saturated heterocycles. The fraction of sp³-hybridized carbons (Fsp3) is 0.316. The van der Waals surface area contributed by atoms with Crippen LogP contribution in [0.15, 0.2) is 48.8 Å². The van der Waals surface area contributed by atoms with Crippen LogP contribution in [-0.2, 0) is 18.3 Å². The first-order valence-electron chi connectivity index (χ1n) is 8.46. The zero-order valence-electron chi connectivity index (χ0n) is 14.1. The largest absolute Gasteiger partial charge is 0.471 e. The van der Waals surface area contributed by atoms with Crippen LogP contribution in [0, 0.1) is 0 Å². The number of benzene rings is 1. The standard InChI is InChI=1S/C19H20N4O2/c1-22-12-14(16-5-2-3-6-17(16)22)11-19(24)23-10-8-15(13-23)25-18-7-4-9-20-21-18/h2-7,9,12,15H,8,10-11,13H2,1H3. The summed E-state index contributed by atoms with van der Waals surface area (Å²) < 4.78 is 7.88. The van der Waals surface area contributed by atoms with E-state index in [1.54, 1.807) is 18.3 Å². The van der Waals surface area contributed by atoms with E-state index in [2.05, 4.69) is 26.9 Å². The van der Waals surface area contributed by atoms with Crippen molar-refractivity contribution >= 4 is 16.8 Å². The summed E-state index contributed by atoms with van der Waals surface area (Å²) in [4.78, 5) is 14.6. The van der Waals surface area contributed by atoms with Gasteiger partial charge in [0.15, 0.2) is 0 Å². The van der Waals surface area contributed by atoms with Gasteiger partial charge in [0, 0.05) is 49.4 Å². The van der Waals surface area contributed by atoms with Gasteiger partial charge in [0.1, 0.15) is 6.10 Å². The Labute approximate surface area is 146 Å². The third-order valence-corrected chi connectivity index (χ3v) is 4.65. The number of hydrogen-bond acceptors (Lipinski definition) is 4. The third-order valence-electron chi connectivity index (χ3n) is 4.65. The van der Waals surface area contributed by atoms with Gasteiger partial charge in [-0.25, -0.2) is 0 Å². The van der Waals surface area contributed by atoms with Crippen LogP contribution in [0.5, 0.6) is 5.88 Å². The summed E-state index contributed by atoms with van der Waals surface area (Å²) in [6, 6.07) is 11.7. The zero-order chi connectivity index (χ0) is 17.2. The van der Waals surface area contributed by atoms with Crippen LogP contribution in [-0.4, -0.2) is 44.8 Å². The van der Waals surface area contributed by atoms with E-state index in [9.17, 15) is 4.79 Å². The number of rotatable bonds is 4. The predicted octanol–water partition coefficient (Wildman–Crippen LogP) is 2.19. The van der Waals surface area contributed by atoms with E-state index in [1.807, 2.05) is 30.3 Å². The fourth-order valence-corrected chi connectivity index (χ4v) is 3.41. The molecule has 0 bridgehead atoms. The maximum absolute atomic E-state index is 12.7. The number of para-hydroxylation sites is 1. The summed E-state index contributed by atoms with van der Waals surface area (Å²) in [6.07, 6.45) is 4.87. The van der Waals surface area contributed by atoms with E-state index in [-0.39, 0.29) is 12.0 Å². The molecule has 25 heavy (non-hydrogen) atoms. The highest BCUT2D eigenvalue weighted by Gasteiger charge is 2.28. The lowest BCUT2D eigenvalue weighted by atomic mass is 10.1. The molecule has 2 aromatic heterocycles. The number of aryl methyl sites for hydroxylation is 1. The normalized spacial score (nSPS) is 17.2. The molecule has 1 aliphatic rings. The Morgan fingerprint density at radius 3 is 3.00 bits per heavy atom. The van der Waals surface area contributed by atoms with Gasteiger partial charge in [-0.05, 0) is 17.7 Å². The van der Waals surface area contributed by atoms with Crippen LogP contribution in [0.25, 0.3) is 10.9 Å². The first kappa shape index (κ1) is 15.6. The summed E-state index contributed by atoms with van der Waals surface area (Å²) in [6.45, 7) is 1.31. The van der Waals surface area contributed by atoms with E-state index in [4.69, 9.17) is 4.74 Å². The summed E-state index contributed by atoms with van der Waals surface area (Å²) in [7, 11) is 2.01. The van der Waals surface area contributed by atoms with Crippen molar-refractivity contribution in [2.45, 2.75) is 18.9 Å². The van der Waals surface area contributed by atoms with Gasteiger partial charge in [0.25, 0.3) is 0 Å². The molecule has 6 heteroatoms. The fourth-order valence-electron chi connectivity index (χ4n) is 3.41. The summed E-state index contributed by atoms with van der Waals surface area (Å²) >= 11 is 0. The molecular weight excluding hydrogens is 316 g/mol. The van der Waals surface area contributed by atoms with Crippen LogP contribution in [0.3, 0.4) is 0 Å². The van der Waals surface area contributed by atoms with Gasteiger partial charge in [-0.1, -0.05) is 18.2 Å². The maximum Gasteiger partial charge on any atom is 0.233 e. The summed E-state index contributed by atoms with van der Waals surface area (Å²) in [5.41, 5.74) is 2.22. The summed E-state index contributed by atoms with van der Waals surface area (Å²) in [5.74, 6) is 0.650. The van der Waals surface area contributed by atoms with E-state index < -0.39 is 0 Å². The lowest BCUT2D eigenvalue weighted by molar-refractivity contribution is -0.129. The molecule has 1 unspecified atom stereocenters. The molecular formula is C19H20N4O2. The van der Waals surface area contributed by atoms with Crippen molar-refractivity contribution < 1.29 is 9.53 Å². The average molecular weight is 336 g/mol. The van der Waals surface area contributed by atoms with E-state index in [1.165, 1.54) is 0 Å². The molecule has 3 aromatic rings. The van der Waals surface area contributed by atoms with Gasteiger partial charge in [-0.3, -0.25) is 4.79 Å². The number of fused-ring (bicyclic) bond motifs is 1. The number of hydrogen-bond donors (Lipinski definition) is 0. The number of ether oxygens (including phenoxy) is 1. The number of nitrogens with zero attached hydrogens (tertiary/aromatic N) is 4. The lowest BCUT2D eigenvalue weighted by Crippen LogP contribution is -2.32. The Morgan fingerprint density at radius 2 is 2.16 bits per heavy atom. The molecule has 1 amide bonds. The molecule has 0 N–H and O–H groups in total. The molecule has 0 spiro atoms. The SMILES string of the molecule is Cn1cc(CC(=O)N2CCC(Oc3cccnn3)C2)c2ccccc21. The molecule has 1 fully saturated rings. The molecule has 0 saturated carbocycles. The number of likely N-dealkylation sites (tertiary alicyclic amines) is 1. The Balaban J connectivity index is 1.42. The second kappa shape index (κ2) is 6.55. The van der Waals surface area contributed by atoms with Crippen molar-refractivity contribution in [3.05, 3.63) is 54.4 Å². The average Bonchev–Trinajstić information content (AvgIpc) is 3.22. The Hall–Kier alpha value is -2.89.